The number of epoxide rings is 1. The standard InChI is InChI=1S/C18H10O2/c1-2-9-4-5-10-8-13-18(20-13)16-12-6-7-19-17(12)11(3-1)14(9)15(10)16/h1-8,13,18H. The van der Waals surface area contributed by atoms with E-state index in [4.69, 9.17) is 9.15 Å². The van der Waals surface area contributed by atoms with Crippen molar-refractivity contribution >= 4 is 38.6 Å². The van der Waals surface area contributed by atoms with Crippen LogP contribution in [0.5, 0.6) is 0 Å². The third kappa shape index (κ3) is 0.918. The molecule has 20 heavy (non-hydrogen) atoms. The van der Waals surface area contributed by atoms with Gasteiger partial charge in [0.25, 0.3) is 0 Å². The van der Waals surface area contributed by atoms with Crippen molar-refractivity contribution in [2.45, 2.75) is 12.2 Å². The molecule has 1 aliphatic carbocycles. The molecule has 0 N–H and O–H groups in total. The highest BCUT2D eigenvalue weighted by Gasteiger charge is 2.43. The first-order valence-electron chi connectivity index (χ1n) is 6.93. The maximum atomic E-state index is 5.83. The van der Waals surface area contributed by atoms with Gasteiger partial charge in [0, 0.05) is 21.7 Å². The van der Waals surface area contributed by atoms with Crippen molar-refractivity contribution in [3.63, 3.8) is 0 Å². The van der Waals surface area contributed by atoms with E-state index in [1.807, 2.05) is 0 Å². The third-order valence-electron chi connectivity index (χ3n) is 4.70. The lowest BCUT2D eigenvalue weighted by Gasteiger charge is -2.14. The van der Waals surface area contributed by atoms with Gasteiger partial charge in [-0.3, -0.25) is 0 Å². The summed E-state index contributed by atoms with van der Waals surface area (Å²) in [6, 6.07) is 12.9. The van der Waals surface area contributed by atoms with Crippen molar-refractivity contribution in [1.82, 2.24) is 0 Å². The molecule has 2 atom stereocenters. The van der Waals surface area contributed by atoms with Gasteiger partial charge in [0.2, 0.25) is 0 Å². The fourth-order valence-corrected chi connectivity index (χ4v) is 3.83. The molecule has 3 aromatic carbocycles. The molecule has 1 saturated heterocycles. The highest BCUT2D eigenvalue weighted by atomic mass is 16.6. The summed E-state index contributed by atoms with van der Waals surface area (Å²) in [6.07, 6.45) is 4.52. The summed E-state index contributed by atoms with van der Waals surface area (Å²) >= 11 is 0. The average Bonchev–Trinajstić information content (AvgIpc) is 3.08. The first kappa shape index (κ1) is 9.56. The fourth-order valence-electron chi connectivity index (χ4n) is 3.83. The summed E-state index contributed by atoms with van der Waals surface area (Å²) in [6.45, 7) is 0. The number of furan rings is 1. The topological polar surface area (TPSA) is 25.7 Å². The highest BCUT2D eigenvalue weighted by molar-refractivity contribution is 6.22. The van der Waals surface area contributed by atoms with Crippen molar-refractivity contribution < 1.29 is 9.15 Å². The van der Waals surface area contributed by atoms with Gasteiger partial charge < -0.3 is 9.15 Å². The number of benzene rings is 3. The van der Waals surface area contributed by atoms with E-state index >= 15 is 0 Å². The van der Waals surface area contributed by atoms with Gasteiger partial charge in [0.05, 0.1) is 6.26 Å². The van der Waals surface area contributed by atoms with Gasteiger partial charge in [-0.25, -0.2) is 0 Å². The van der Waals surface area contributed by atoms with E-state index in [-0.39, 0.29) is 12.2 Å². The predicted octanol–water partition coefficient (Wildman–Crippen LogP) is 3.69. The van der Waals surface area contributed by atoms with Crippen molar-refractivity contribution in [2.75, 3.05) is 0 Å². The minimum atomic E-state index is 0.220. The number of rotatable bonds is 0. The summed E-state index contributed by atoms with van der Waals surface area (Å²) in [5.74, 6) is 0. The van der Waals surface area contributed by atoms with Gasteiger partial charge in [0.1, 0.15) is 17.8 Å². The Kier molecular flexibility index (Phi) is 1.38. The van der Waals surface area contributed by atoms with Gasteiger partial charge in [-0.2, -0.15) is 0 Å². The lowest BCUT2D eigenvalue weighted by Crippen LogP contribution is -2.11. The Morgan fingerprint density at radius 1 is 0.900 bits per heavy atom. The first-order chi connectivity index (χ1) is 9.92. The van der Waals surface area contributed by atoms with Crippen LogP contribution in [0.25, 0.3) is 38.6 Å². The molecule has 2 heterocycles. The van der Waals surface area contributed by atoms with E-state index in [1.54, 1.807) is 6.26 Å². The summed E-state index contributed by atoms with van der Waals surface area (Å²) in [4.78, 5) is 0. The van der Waals surface area contributed by atoms with Crippen LogP contribution in [0.15, 0.2) is 47.1 Å². The highest BCUT2D eigenvalue weighted by Crippen LogP contribution is 2.49. The normalized spacial score (nSPS) is 23.2. The van der Waals surface area contributed by atoms with E-state index in [9.17, 15) is 0 Å². The zero-order chi connectivity index (χ0) is 12.8. The second-order valence-corrected chi connectivity index (χ2v) is 5.70. The molecule has 2 unspecified atom stereocenters. The van der Waals surface area contributed by atoms with Crippen LogP contribution in [0.3, 0.4) is 0 Å². The Balaban J connectivity index is 2.11. The van der Waals surface area contributed by atoms with E-state index in [2.05, 4.69) is 42.5 Å². The molecule has 1 aliphatic heterocycles. The van der Waals surface area contributed by atoms with Gasteiger partial charge in [-0.05, 0) is 28.1 Å². The number of ether oxygens (including phenoxy) is 1. The molecule has 0 amide bonds. The summed E-state index contributed by atoms with van der Waals surface area (Å²) in [7, 11) is 0. The maximum absolute atomic E-state index is 5.83. The summed E-state index contributed by atoms with van der Waals surface area (Å²) in [5, 5.41) is 7.64. The van der Waals surface area contributed by atoms with Crippen LogP contribution in [-0.4, -0.2) is 6.10 Å². The van der Waals surface area contributed by atoms with E-state index < -0.39 is 0 Å². The van der Waals surface area contributed by atoms with E-state index in [1.165, 1.54) is 37.7 Å². The molecular weight excluding hydrogens is 248 g/mol. The summed E-state index contributed by atoms with van der Waals surface area (Å²) < 4.78 is 11.6. The van der Waals surface area contributed by atoms with Gasteiger partial charge in [-0.1, -0.05) is 30.3 Å². The zero-order valence-corrected chi connectivity index (χ0v) is 10.6. The van der Waals surface area contributed by atoms with Crippen LogP contribution in [0.2, 0.25) is 0 Å². The molecule has 0 spiro atoms. The van der Waals surface area contributed by atoms with Crippen LogP contribution in [0, 0.1) is 0 Å². The van der Waals surface area contributed by atoms with E-state index in [0.717, 1.165) is 5.58 Å². The molecule has 2 heteroatoms. The van der Waals surface area contributed by atoms with Crippen molar-refractivity contribution in [1.29, 1.82) is 0 Å². The van der Waals surface area contributed by atoms with Crippen LogP contribution in [-0.2, 0) is 4.74 Å². The summed E-state index contributed by atoms with van der Waals surface area (Å²) in [5.41, 5.74) is 2.31. The molecule has 2 aliphatic rings. The molecule has 0 bridgehead atoms. The van der Waals surface area contributed by atoms with Crippen LogP contribution in [0.4, 0.5) is 0 Å². The van der Waals surface area contributed by atoms with Gasteiger partial charge in [-0.15, -0.1) is 0 Å². The quantitative estimate of drug-likeness (QED) is 0.449. The van der Waals surface area contributed by atoms with E-state index in [0.29, 0.717) is 0 Å². The SMILES string of the molecule is C1=c2ccc3cccc4c5occc5c(c2c34)C2OC12. The number of hydrogen-bond donors (Lipinski definition) is 0. The largest absolute Gasteiger partial charge is 0.464 e. The fraction of sp³-hybridized carbons (Fsp3) is 0.111. The molecule has 6 rings (SSSR count). The molecule has 4 aromatic rings. The Bertz CT molecular complexity index is 1090. The second kappa shape index (κ2) is 2.89. The lowest BCUT2D eigenvalue weighted by molar-refractivity contribution is 0.402. The monoisotopic (exact) mass is 258 g/mol. The van der Waals surface area contributed by atoms with Gasteiger partial charge >= 0.3 is 0 Å². The Hall–Kier alpha value is -2.32. The molecule has 1 fully saturated rings. The second-order valence-electron chi connectivity index (χ2n) is 5.70. The Morgan fingerprint density at radius 2 is 1.90 bits per heavy atom. The van der Waals surface area contributed by atoms with Crippen molar-refractivity contribution in [3.05, 3.63) is 53.4 Å². The Morgan fingerprint density at radius 3 is 2.90 bits per heavy atom. The molecule has 0 saturated carbocycles. The van der Waals surface area contributed by atoms with Crippen LogP contribution >= 0.6 is 0 Å². The Labute approximate surface area is 114 Å². The molecule has 0 radical (unpaired) electrons. The lowest BCUT2D eigenvalue weighted by atomic mass is 9.88. The number of hydrogen-bond acceptors (Lipinski definition) is 2. The van der Waals surface area contributed by atoms with Crippen molar-refractivity contribution in [3.8, 4) is 0 Å². The molecule has 94 valence electrons. The minimum Gasteiger partial charge on any atom is -0.464 e. The molecule has 2 nitrogen and oxygen atoms in total. The van der Waals surface area contributed by atoms with Gasteiger partial charge in [0.15, 0.2) is 0 Å². The predicted molar refractivity (Wildman–Crippen MR) is 78.5 cm³/mol. The zero-order valence-electron chi connectivity index (χ0n) is 10.6. The minimum absolute atomic E-state index is 0.220. The first-order valence-corrected chi connectivity index (χ1v) is 6.93. The smallest absolute Gasteiger partial charge is 0.142 e. The van der Waals surface area contributed by atoms with Crippen LogP contribution < -0.4 is 5.22 Å². The third-order valence-corrected chi connectivity index (χ3v) is 4.70. The van der Waals surface area contributed by atoms with Crippen molar-refractivity contribution in [2.24, 2.45) is 0 Å². The average molecular weight is 258 g/mol. The number of fused-ring (bicyclic) bond motifs is 5. The maximum Gasteiger partial charge on any atom is 0.142 e. The molecule has 1 aromatic heterocycles. The van der Waals surface area contributed by atoms with Crippen LogP contribution in [0.1, 0.15) is 11.7 Å². The molecular formula is C18H10O2.